The Hall–Kier alpha value is -2.43. The topological polar surface area (TPSA) is 71.1 Å². The zero-order chi connectivity index (χ0) is 13.9. The number of hydrogen-bond acceptors (Lipinski definition) is 4. The smallest absolute Gasteiger partial charge is 0.218 e. The van der Waals surface area contributed by atoms with Gasteiger partial charge in [-0.15, -0.1) is 0 Å². The number of primary amides is 1. The zero-order valence-corrected chi connectivity index (χ0v) is 11.0. The van der Waals surface area contributed by atoms with Crippen LogP contribution in [-0.2, 0) is 4.79 Å². The maximum Gasteiger partial charge on any atom is 0.218 e. The Labute approximate surface area is 117 Å². The highest BCUT2D eigenvalue weighted by Crippen LogP contribution is 2.30. The van der Waals surface area contributed by atoms with E-state index in [0.717, 1.165) is 11.4 Å². The number of carbonyl (C=O) groups excluding carboxylic acids is 1. The van der Waals surface area contributed by atoms with Crippen LogP contribution in [0.2, 0.25) is 0 Å². The van der Waals surface area contributed by atoms with Gasteiger partial charge in [-0.3, -0.25) is 9.79 Å². The molecule has 0 spiro atoms. The van der Waals surface area contributed by atoms with E-state index >= 15 is 0 Å². The predicted molar refractivity (Wildman–Crippen MR) is 78.6 cm³/mol. The third-order valence-corrected chi connectivity index (χ3v) is 3.57. The number of carbonyl (C=O) groups is 1. The highest BCUT2D eigenvalue weighted by Gasteiger charge is 2.32. The molecule has 2 aliphatic heterocycles. The first-order valence-electron chi connectivity index (χ1n) is 6.63. The number of nitrogens with zero attached hydrogens (tertiary/aromatic N) is 3. The lowest BCUT2D eigenvalue weighted by atomic mass is 9.89. The lowest BCUT2D eigenvalue weighted by molar-refractivity contribution is -0.118. The third kappa shape index (κ3) is 2.47. The van der Waals surface area contributed by atoms with Gasteiger partial charge in [-0.05, 0) is 17.7 Å². The van der Waals surface area contributed by atoms with E-state index < -0.39 is 0 Å². The summed E-state index contributed by atoms with van der Waals surface area (Å²) in [7, 11) is 0. The molecule has 0 saturated carbocycles. The van der Waals surface area contributed by atoms with Crippen LogP contribution in [0.25, 0.3) is 0 Å². The summed E-state index contributed by atoms with van der Waals surface area (Å²) in [5, 5.41) is 6.13. The van der Waals surface area contributed by atoms with Gasteiger partial charge in [0, 0.05) is 18.6 Å². The van der Waals surface area contributed by atoms with Crippen molar-refractivity contribution in [2.75, 3.05) is 6.54 Å². The van der Waals surface area contributed by atoms with Gasteiger partial charge in [0.2, 0.25) is 5.91 Å². The number of rotatable bonds is 4. The molecule has 2 atom stereocenters. The van der Waals surface area contributed by atoms with E-state index in [1.807, 2.05) is 47.5 Å². The van der Waals surface area contributed by atoms with Crippen molar-refractivity contribution in [3.63, 3.8) is 0 Å². The van der Waals surface area contributed by atoms with Gasteiger partial charge in [0.15, 0.2) is 0 Å². The summed E-state index contributed by atoms with van der Waals surface area (Å²) >= 11 is 0. The second-order valence-corrected chi connectivity index (χ2v) is 4.95. The average molecular weight is 268 g/mol. The maximum absolute atomic E-state index is 11.4. The van der Waals surface area contributed by atoms with E-state index in [1.54, 1.807) is 6.21 Å². The van der Waals surface area contributed by atoms with Gasteiger partial charge in [0.1, 0.15) is 5.84 Å². The molecule has 1 aromatic carbocycles. The van der Waals surface area contributed by atoms with Gasteiger partial charge in [0.25, 0.3) is 0 Å². The molecular weight excluding hydrogens is 252 g/mol. The summed E-state index contributed by atoms with van der Waals surface area (Å²) in [5.74, 6) is 0.543. The Bertz CT molecular complexity index is 591. The Kier molecular flexibility index (Phi) is 3.33. The Morgan fingerprint density at radius 3 is 2.90 bits per heavy atom. The van der Waals surface area contributed by atoms with E-state index in [0.29, 0.717) is 13.0 Å². The fourth-order valence-corrected chi connectivity index (χ4v) is 2.64. The Morgan fingerprint density at radius 2 is 2.20 bits per heavy atom. The molecule has 0 radical (unpaired) electrons. The van der Waals surface area contributed by atoms with Crippen LogP contribution in [0.1, 0.15) is 17.9 Å². The molecule has 0 aromatic heterocycles. The molecular formula is C15H16N4O. The Balaban J connectivity index is 1.88. The number of allylic oxidation sites excluding steroid dienone is 1. The molecule has 5 heteroatoms. The minimum Gasteiger partial charge on any atom is -0.370 e. The van der Waals surface area contributed by atoms with Crippen molar-refractivity contribution in [1.82, 2.24) is 5.01 Å². The summed E-state index contributed by atoms with van der Waals surface area (Å²) in [6.07, 6.45) is 5.84. The number of fused-ring (bicyclic) bond motifs is 1. The van der Waals surface area contributed by atoms with Crippen molar-refractivity contribution in [3.05, 3.63) is 48.0 Å². The molecule has 20 heavy (non-hydrogen) atoms. The fraction of sp³-hybridized carbons (Fsp3) is 0.267. The number of amides is 1. The van der Waals surface area contributed by atoms with Crippen molar-refractivity contribution in [2.24, 2.45) is 15.8 Å². The lowest BCUT2D eigenvalue weighted by Crippen LogP contribution is -2.29. The molecule has 3 rings (SSSR count). The Morgan fingerprint density at radius 1 is 1.40 bits per heavy atom. The van der Waals surface area contributed by atoms with Crippen molar-refractivity contribution in [2.45, 2.75) is 18.4 Å². The van der Waals surface area contributed by atoms with Crippen LogP contribution < -0.4 is 5.73 Å². The molecule has 2 aliphatic rings. The third-order valence-electron chi connectivity index (χ3n) is 3.57. The first-order chi connectivity index (χ1) is 9.74. The van der Waals surface area contributed by atoms with Gasteiger partial charge in [-0.1, -0.05) is 30.3 Å². The van der Waals surface area contributed by atoms with Gasteiger partial charge in [0.05, 0.1) is 12.6 Å². The second-order valence-electron chi connectivity index (χ2n) is 4.95. The molecule has 2 N–H and O–H groups in total. The summed E-state index contributed by atoms with van der Waals surface area (Å²) in [6.45, 7) is 0.684. The molecule has 2 heterocycles. The average Bonchev–Trinajstić information content (AvgIpc) is 2.89. The molecule has 2 unspecified atom stereocenters. The number of hydrogen-bond donors (Lipinski definition) is 1. The van der Waals surface area contributed by atoms with Gasteiger partial charge in [-0.25, -0.2) is 5.01 Å². The van der Waals surface area contributed by atoms with E-state index in [9.17, 15) is 4.79 Å². The minimum absolute atomic E-state index is 0.000185. The quantitative estimate of drug-likeness (QED) is 0.893. The maximum atomic E-state index is 11.4. The monoisotopic (exact) mass is 268 g/mol. The van der Waals surface area contributed by atoms with Crippen LogP contribution in [0.5, 0.6) is 0 Å². The van der Waals surface area contributed by atoms with Crippen molar-refractivity contribution in [1.29, 1.82) is 0 Å². The van der Waals surface area contributed by atoms with Crippen molar-refractivity contribution >= 4 is 18.0 Å². The number of amidine groups is 1. The highest BCUT2D eigenvalue weighted by atomic mass is 16.1. The SMILES string of the molecule is NC(=O)CC(c1ccccc1)C1CN2N=CC=CC2=N1. The van der Waals surface area contributed by atoms with Crippen LogP contribution in [0.3, 0.4) is 0 Å². The van der Waals surface area contributed by atoms with E-state index in [1.165, 1.54) is 0 Å². The number of hydrazone groups is 1. The molecule has 0 saturated heterocycles. The normalized spacial score (nSPS) is 21.5. The number of nitrogens with two attached hydrogens (primary N) is 1. The van der Waals surface area contributed by atoms with Crippen LogP contribution in [0, 0.1) is 0 Å². The van der Waals surface area contributed by atoms with Crippen molar-refractivity contribution < 1.29 is 4.79 Å². The molecule has 0 aliphatic carbocycles. The van der Waals surface area contributed by atoms with E-state index in [4.69, 9.17) is 5.73 Å². The first kappa shape index (κ1) is 12.6. The van der Waals surface area contributed by atoms with Gasteiger partial charge >= 0.3 is 0 Å². The largest absolute Gasteiger partial charge is 0.370 e. The fourth-order valence-electron chi connectivity index (χ4n) is 2.64. The second kappa shape index (κ2) is 5.28. The number of benzene rings is 1. The standard InChI is InChI=1S/C15H16N4O/c16-14(20)9-12(11-5-2-1-3-6-11)13-10-19-15(18-13)7-4-8-17-19/h1-8,12-13H,9-10H2,(H2,16,20). The highest BCUT2D eigenvalue weighted by molar-refractivity contribution is 5.99. The summed E-state index contributed by atoms with van der Waals surface area (Å²) < 4.78 is 0. The summed E-state index contributed by atoms with van der Waals surface area (Å²) in [6, 6.07) is 9.93. The van der Waals surface area contributed by atoms with E-state index in [-0.39, 0.29) is 17.9 Å². The van der Waals surface area contributed by atoms with Gasteiger partial charge in [-0.2, -0.15) is 5.10 Å². The van der Waals surface area contributed by atoms with Crippen molar-refractivity contribution in [3.8, 4) is 0 Å². The summed E-state index contributed by atoms with van der Waals surface area (Å²) in [5.41, 5.74) is 6.49. The molecule has 102 valence electrons. The van der Waals surface area contributed by atoms with Crippen LogP contribution in [0.4, 0.5) is 0 Å². The molecule has 5 nitrogen and oxygen atoms in total. The predicted octanol–water partition coefficient (Wildman–Crippen LogP) is 1.28. The number of aliphatic imine (C=N–C) groups is 1. The van der Waals surface area contributed by atoms with Gasteiger partial charge < -0.3 is 5.73 Å². The first-order valence-corrected chi connectivity index (χ1v) is 6.63. The zero-order valence-electron chi connectivity index (χ0n) is 11.0. The van der Waals surface area contributed by atoms with E-state index in [2.05, 4.69) is 10.1 Å². The molecule has 0 fully saturated rings. The minimum atomic E-state index is -0.303. The molecule has 1 amide bonds. The van der Waals surface area contributed by atoms with Crippen LogP contribution in [-0.4, -0.2) is 35.6 Å². The molecule has 0 bridgehead atoms. The lowest BCUT2D eigenvalue weighted by Gasteiger charge is -2.21. The van der Waals surface area contributed by atoms with Crippen LogP contribution >= 0.6 is 0 Å². The molecule has 1 aromatic rings. The summed E-state index contributed by atoms with van der Waals surface area (Å²) in [4.78, 5) is 16.0. The van der Waals surface area contributed by atoms with Crippen LogP contribution in [0.15, 0.2) is 52.6 Å².